The largest absolute Gasteiger partial charge is 0.428 e. The van der Waals surface area contributed by atoms with Gasteiger partial charge in [0, 0.05) is 13.0 Å². The lowest BCUT2D eigenvalue weighted by atomic mass is 9.95. The van der Waals surface area contributed by atoms with Gasteiger partial charge >= 0.3 is 0 Å². The molecule has 1 aliphatic rings. The van der Waals surface area contributed by atoms with E-state index >= 15 is 0 Å². The molecule has 1 aliphatic heterocycles. The average Bonchev–Trinajstić information content (AvgIpc) is 2.67. The molecule has 0 radical (unpaired) electrons. The Bertz CT molecular complexity index is 289. The molecule has 1 aromatic rings. The van der Waals surface area contributed by atoms with E-state index < -0.39 is 0 Å². The van der Waals surface area contributed by atoms with Crippen molar-refractivity contribution in [1.29, 1.82) is 0 Å². The van der Waals surface area contributed by atoms with E-state index in [1.165, 1.54) is 12.8 Å². The summed E-state index contributed by atoms with van der Waals surface area (Å²) in [6.07, 6.45) is 4.20. The second-order valence-corrected chi connectivity index (χ2v) is 3.90. The van der Waals surface area contributed by atoms with E-state index in [9.17, 15) is 0 Å². The van der Waals surface area contributed by atoms with Gasteiger partial charge in [-0.2, -0.15) is 0 Å². The van der Waals surface area contributed by atoms with E-state index in [0.29, 0.717) is 11.9 Å². The lowest BCUT2D eigenvalue weighted by Crippen LogP contribution is -2.29. The highest BCUT2D eigenvalue weighted by Gasteiger charge is 2.21. The molecule has 4 heteroatoms. The fourth-order valence-electron chi connectivity index (χ4n) is 1.88. The number of anilines is 1. The fourth-order valence-corrected chi connectivity index (χ4v) is 1.88. The molecule has 1 saturated heterocycles. The third-order valence-corrected chi connectivity index (χ3v) is 2.86. The summed E-state index contributed by atoms with van der Waals surface area (Å²) in [7, 11) is 3.99. The zero-order chi connectivity index (χ0) is 9.97. The fraction of sp³-hybridized carbons (Fsp3) is 0.700. The van der Waals surface area contributed by atoms with Crippen molar-refractivity contribution >= 4 is 6.01 Å². The van der Waals surface area contributed by atoms with Crippen molar-refractivity contribution in [3.05, 3.63) is 12.0 Å². The van der Waals surface area contributed by atoms with Crippen LogP contribution in [0.4, 0.5) is 6.01 Å². The predicted octanol–water partition coefficient (Wildman–Crippen LogP) is 1.53. The molecule has 2 heterocycles. The second-order valence-electron chi connectivity index (χ2n) is 3.90. The van der Waals surface area contributed by atoms with Gasteiger partial charge in [0.2, 0.25) is 0 Å². The van der Waals surface area contributed by atoms with Crippen LogP contribution in [0.5, 0.6) is 0 Å². The van der Waals surface area contributed by atoms with E-state index in [-0.39, 0.29) is 0 Å². The monoisotopic (exact) mass is 195 g/mol. The Morgan fingerprint density at radius 2 is 2.21 bits per heavy atom. The number of hydrogen-bond acceptors (Lipinski definition) is 4. The van der Waals surface area contributed by atoms with Crippen LogP contribution in [0.2, 0.25) is 0 Å². The van der Waals surface area contributed by atoms with Crippen molar-refractivity contribution in [3.63, 3.8) is 0 Å². The summed E-state index contributed by atoms with van der Waals surface area (Å²) in [6.45, 7) is 2.31. The third-order valence-electron chi connectivity index (χ3n) is 2.86. The second kappa shape index (κ2) is 4.00. The molecule has 0 aromatic carbocycles. The van der Waals surface area contributed by atoms with Crippen molar-refractivity contribution in [1.82, 2.24) is 9.88 Å². The Balaban J connectivity index is 2.01. The highest BCUT2D eigenvalue weighted by Crippen LogP contribution is 2.28. The third kappa shape index (κ3) is 1.90. The molecule has 0 aliphatic carbocycles. The average molecular weight is 195 g/mol. The lowest BCUT2D eigenvalue weighted by Gasteiger charge is -2.27. The molecule has 0 unspecified atom stereocenters. The maximum absolute atomic E-state index is 5.57. The number of aromatic nitrogens is 1. The summed E-state index contributed by atoms with van der Waals surface area (Å²) >= 11 is 0. The van der Waals surface area contributed by atoms with Gasteiger partial charge in [0.05, 0.1) is 6.20 Å². The summed E-state index contributed by atoms with van der Waals surface area (Å²) < 4.78 is 5.57. The van der Waals surface area contributed by atoms with Crippen LogP contribution in [0.25, 0.3) is 0 Å². The summed E-state index contributed by atoms with van der Waals surface area (Å²) in [5, 5.41) is 2.91. The number of rotatable bonds is 2. The van der Waals surface area contributed by atoms with Crippen LogP contribution in [0, 0.1) is 0 Å². The van der Waals surface area contributed by atoms with Crippen LogP contribution in [-0.4, -0.2) is 37.1 Å². The Labute approximate surface area is 84.3 Å². The molecule has 0 saturated carbocycles. The Kier molecular flexibility index (Phi) is 2.72. The Hall–Kier alpha value is -1.03. The first-order chi connectivity index (χ1) is 6.79. The van der Waals surface area contributed by atoms with Crippen molar-refractivity contribution in [3.8, 4) is 0 Å². The SMILES string of the molecule is CNc1ncc(C2CCN(C)CC2)o1. The smallest absolute Gasteiger partial charge is 0.294 e. The number of nitrogens with zero attached hydrogens (tertiary/aromatic N) is 2. The molecule has 0 atom stereocenters. The van der Waals surface area contributed by atoms with Crippen molar-refractivity contribution < 1.29 is 4.42 Å². The minimum Gasteiger partial charge on any atom is -0.428 e. The van der Waals surface area contributed by atoms with Crippen LogP contribution in [0.3, 0.4) is 0 Å². The molecule has 0 bridgehead atoms. The highest BCUT2D eigenvalue weighted by atomic mass is 16.4. The molecule has 0 amide bonds. The van der Waals surface area contributed by atoms with Crippen molar-refractivity contribution in [2.75, 3.05) is 32.5 Å². The maximum atomic E-state index is 5.57. The standard InChI is InChI=1S/C10H17N3O/c1-11-10-12-7-9(14-10)8-3-5-13(2)6-4-8/h7-8H,3-6H2,1-2H3,(H,11,12). The molecule has 2 rings (SSSR count). The van der Waals surface area contributed by atoms with E-state index in [1.54, 1.807) is 0 Å². The van der Waals surface area contributed by atoms with Crippen molar-refractivity contribution in [2.24, 2.45) is 0 Å². The Morgan fingerprint density at radius 3 is 2.79 bits per heavy atom. The van der Waals surface area contributed by atoms with Gasteiger partial charge in [-0.25, -0.2) is 4.98 Å². The minimum atomic E-state index is 0.556. The number of nitrogens with one attached hydrogen (secondary N) is 1. The van der Waals surface area contributed by atoms with Crippen LogP contribution in [0.1, 0.15) is 24.5 Å². The van der Waals surface area contributed by atoms with E-state index in [0.717, 1.165) is 18.8 Å². The summed E-state index contributed by atoms with van der Waals surface area (Å²) in [5.41, 5.74) is 0. The van der Waals surface area contributed by atoms with Crippen LogP contribution in [0.15, 0.2) is 10.6 Å². The van der Waals surface area contributed by atoms with Crippen LogP contribution < -0.4 is 5.32 Å². The Morgan fingerprint density at radius 1 is 1.50 bits per heavy atom. The number of likely N-dealkylation sites (tertiary alicyclic amines) is 1. The first-order valence-corrected chi connectivity index (χ1v) is 5.11. The first-order valence-electron chi connectivity index (χ1n) is 5.11. The first kappa shape index (κ1) is 9.52. The topological polar surface area (TPSA) is 41.3 Å². The number of piperidine rings is 1. The van der Waals surface area contributed by atoms with Gasteiger partial charge in [-0.1, -0.05) is 0 Å². The molecular formula is C10H17N3O. The van der Waals surface area contributed by atoms with E-state index in [4.69, 9.17) is 4.42 Å². The normalized spacial score (nSPS) is 19.9. The van der Waals surface area contributed by atoms with Gasteiger partial charge in [0.1, 0.15) is 5.76 Å². The lowest BCUT2D eigenvalue weighted by molar-refractivity contribution is 0.241. The number of hydrogen-bond donors (Lipinski definition) is 1. The van der Waals surface area contributed by atoms with Gasteiger partial charge in [-0.15, -0.1) is 0 Å². The molecule has 78 valence electrons. The molecule has 0 spiro atoms. The minimum absolute atomic E-state index is 0.556. The molecule has 4 nitrogen and oxygen atoms in total. The summed E-state index contributed by atoms with van der Waals surface area (Å²) in [5.74, 6) is 1.59. The zero-order valence-electron chi connectivity index (χ0n) is 8.79. The summed E-state index contributed by atoms with van der Waals surface area (Å²) in [6, 6.07) is 0.624. The van der Waals surface area contributed by atoms with Gasteiger partial charge < -0.3 is 14.6 Å². The van der Waals surface area contributed by atoms with Crippen LogP contribution in [-0.2, 0) is 0 Å². The van der Waals surface area contributed by atoms with E-state index in [1.807, 2.05) is 13.2 Å². The highest BCUT2D eigenvalue weighted by molar-refractivity contribution is 5.20. The molecular weight excluding hydrogens is 178 g/mol. The predicted molar refractivity (Wildman–Crippen MR) is 55.5 cm³/mol. The van der Waals surface area contributed by atoms with Crippen molar-refractivity contribution in [2.45, 2.75) is 18.8 Å². The quantitative estimate of drug-likeness (QED) is 0.777. The molecule has 1 aromatic heterocycles. The molecule has 1 fully saturated rings. The molecule has 1 N–H and O–H groups in total. The van der Waals surface area contributed by atoms with Crippen LogP contribution >= 0.6 is 0 Å². The van der Waals surface area contributed by atoms with E-state index in [2.05, 4.69) is 22.2 Å². The zero-order valence-corrected chi connectivity index (χ0v) is 8.79. The van der Waals surface area contributed by atoms with Gasteiger partial charge in [0.25, 0.3) is 6.01 Å². The molecule has 14 heavy (non-hydrogen) atoms. The number of oxazole rings is 1. The summed E-state index contributed by atoms with van der Waals surface area (Å²) in [4.78, 5) is 6.49. The van der Waals surface area contributed by atoms with Gasteiger partial charge in [0.15, 0.2) is 0 Å². The van der Waals surface area contributed by atoms with Gasteiger partial charge in [-0.3, -0.25) is 0 Å². The van der Waals surface area contributed by atoms with Gasteiger partial charge in [-0.05, 0) is 33.0 Å². The maximum Gasteiger partial charge on any atom is 0.294 e.